The topological polar surface area (TPSA) is 80.3 Å². The second kappa shape index (κ2) is 8.82. The van der Waals surface area contributed by atoms with Gasteiger partial charge in [0.25, 0.3) is 0 Å². The number of anilines is 1. The molecule has 1 atom stereocenters. The number of hydrogen-bond acceptors (Lipinski definition) is 4. The molecule has 6 heteroatoms. The van der Waals surface area contributed by atoms with Gasteiger partial charge in [0.15, 0.2) is 0 Å². The van der Waals surface area contributed by atoms with Gasteiger partial charge >= 0.3 is 6.09 Å². The van der Waals surface area contributed by atoms with E-state index in [0.717, 1.165) is 11.1 Å². The van der Waals surface area contributed by atoms with Crippen LogP contribution in [0.3, 0.4) is 0 Å². The highest BCUT2D eigenvalue weighted by atomic mass is 16.5. The van der Waals surface area contributed by atoms with Crippen LogP contribution in [0.1, 0.15) is 25.0 Å². The Morgan fingerprint density at radius 3 is 2.52 bits per heavy atom. The lowest BCUT2D eigenvalue weighted by Crippen LogP contribution is -2.47. The van der Waals surface area contributed by atoms with Gasteiger partial charge in [-0.1, -0.05) is 44.2 Å². The third-order valence-corrected chi connectivity index (χ3v) is 3.60. The smallest absolute Gasteiger partial charge is 0.408 e. The van der Waals surface area contributed by atoms with Crippen molar-refractivity contribution in [1.82, 2.24) is 10.3 Å². The molecule has 0 fully saturated rings. The van der Waals surface area contributed by atoms with E-state index >= 15 is 0 Å². The number of rotatable bonds is 6. The number of nitrogens with one attached hydrogen (secondary N) is 2. The summed E-state index contributed by atoms with van der Waals surface area (Å²) in [6.45, 7) is 5.77. The first kappa shape index (κ1) is 18.4. The Labute approximate surface area is 147 Å². The zero-order chi connectivity index (χ0) is 18.2. The van der Waals surface area contributed by atoms with Crippen molar-refractivity contribution in [3.63, 3.8) is 0 Å². The summed E-state index contributed by atoms with van der Waals surface area (Å²) in [5.41, 5.74) is 1.87. The summed E-state index contributed by atoms with van der Waals surface area (Å²) in [5, 5.41) is 5.34. The number of ether oxygens (including phenoxy) is 1. The van der Waals surface area contributed by atoms with Gasteiger partial charge in [-0.2, -0.15) is 0 Å². The average molecular weight is 341 g/mol. The van der Waals surface area contributed by atoms with E-state index < -0.39 is 12.1 Å². The number of alkyl carbamates (subject to hydrolysis) is 1. The zero-order valence-electron chi connectivity index (χ0n) is 14.7. The van der Waals surface area contributed by atoms with Crippen LogP contribution in [0, 0.1) is 12.8 Å². The largest absolute Gasteiger partial charge is 0.445 e. The van der Waals surface area contributed by atoms with E-state index in [-0.39, 0.29) is 18.4 Å². The van der Waals surface area contributed by atoms with Crippen molar-refractivity contribution in [1.29, 1.82) is 0 Å². The first-order chi connectivity index (χ1) is 12.0. The minimum absolute atomic E-state index is 0.103. The van der Waals surface area contributed by atoms with E-state index in [9.17, 15) is 9.59 Å². The van der Waals surface area contributed by atoms with Crippen molar-refractivity contribution in [2.75, 3.05) is 5.32 Å². The molecule has 0 aliphatic heterocycles. The molecule has 0 aliphatic carbocycles. The molecule has 2 N–H and O–H groups in total. The zero-order valence-corrected chi connectivity index (χ0v) is 14.7. The van der Waals surface area contributed by atoms with Gasteiger partial charge in [0.2, 0.25) is 5.91 Å². The molecule has 0 saturated carbocycles. The lowest BCUT2D eigenvalue weighted by Gasteiger charge is -2.21. The Hall–Kier alpha value is -2.89. The van der Waals surface area contributed by atoms with Gasteiger partial charge in [-0.25, -0.2) is 9.78 Å². The summed E-state index contributed by atoms with van der Waals surface area (Å²) in [6.07, 6.45) is 0.992. The molecule has 0 saturated heterocycles. The number of carbonyl (C=O) groups excluding carboxylic acids is 2. The number of hydrogen-bond donors (Lipinski definition) is 2. The number of aryl methyl sites for hydroxylation is 1. The van der Waals surface area contributed by atoms with Crippen molar-refractivity contribution in [2.24, 2.45) is 5.92 Å². The van der Waals surface area contributed by atoms with Crippen LogP contribution in [0.2, 0.25) is 0 Å². The molecule has 0 bridgehead atoms. The summed E-state index contributed by atoms with van der Waals surface area (Å²) < 4.78 is 5.18. The molecule has 2 aromatic rings. The number of nitrogens with zero attached hydrogens (tertiary/aromatic N) is 1. The third kappa shape index (κ3) is 5.91. The first-order valence-corrected chi connectivity index (χ1v) is 8.16. The molecule has 1 heterocycles. The normalized spacial score (nSPS) is 11.7. The van der Waals surface area contributed by atoms with Gasteiger partial charge in [0, 0.05) is 6.20 Å². The number of pyridine rings is 1. The van der Waals surface area contributed by atoms with E-state index in [1.165, 1.54) is 0 Å². The predicted molar refractivity (Wildman–Crippen MR) is 96.0 cm³/mol. The summed E-state index contributed by atoms with van der Waals surface area (Å²) in [4.78, 5) is 28.6. The quantitative estimate of drug-likeness (QED) is 0.845. The molecule has 1 aromatic heterocycles. The molecular weight excluding hydrogens is 318 g/mol. The van der Waals surface area contributed by atoms with Gasteiger partial charge in [-0.15, -0.1) is 0 Å². The maximum absolute atomic E-state index is 12.5. The van der Waals surface area contributed by atoms with Gasteiger partial charge in [-0.3, -0.25) is 4.79 Å². The Morgan fingerprint density at radius 2 is 1.88 bits per heavy atom. The molecule has 2 amide bonds. The fourth-order valence-electron chi connectivity index (χ4n) is 2.24. The number of aromatic nitrogens is 1. The fourth-order valence-corrected chi connectivity index (χ4v) is 2.24. The lowest BCUT2D eigenvalue weighted by atomic mass is 10.0. The summed E-state index contributed by atoms with van der Waals surface area (Å²) in [7, 11) is 0. The van der Waals surface area contributed by atoms with Crippen molar-refractivity contribution in [2.45, 2.75) is 33.4 Å². The highest BCUT2D eigenvalue weighted by molar-refractivity contribution is 5.96. The van der Waals surface area contributed by atoms with E-state index in [0.29, 0.717) is 5.82 Å². The summed E-state index contributed by atoms with van der Waals surface area (Å²) in [6, 6.07) is 12.3. The number of amides is 2. The SMILES string of the molecule is Cc1ccnc(NC(=O)C(NC(=O)OCc2ccccc2)C(C)C)c1. The summed E-state index contributed by atoms with van der Waals surface area (Å²) >= 11 is 0. The highest BCUT2D eigenvalue weighted by Crippen LogP contribution is 2.09. The summed E-state index contributed by atoms with van der Waals surface area (Å²) in [5.74, 6) is 0.0222. The molecule has 6 nitrogen and oxygen atoms in total. The second-order valence-corrected chi connectivity index (χ2v) is 6.14. The van der Waals surface area contributed by atoms with Crippen LogP contribution in [0.5, 0.6) is 0 Å². The average Bonchev–Trinajstić information content (AvgIpc) is 2.58. The van der Waals surface area contributed by atoms with Crippen LogP contribution >= 0.6 is 0 Å². The van der Waals surface area contributed by atoms with Crippen molar-refractivity contribution in [3.8, 4) is 0 Å². The molecule has 0 radical (unpaired) electrons. The van der Waals surface area contributed by atoms with Crippen molar-refractivity contribution in [3.05, 3.63) is 59.8 Å². The third-order valence-electron chi connectivity index (χ3n) is 3.60. The van der Waals surface area contributed by atoms with E-state index in [1.807, 2.05) is 57.2 Å². The van der Waals surface area contributed by atoms with Crippen LogP contribution in [-0.2, 0) is 16.1 Å². The Morgan fingerprint density at radius 1 is 1.16 bits per heavy atom. The van der Waals surface area contributed by atoms with E-state index in [4.69, 9.17) is 4.74 Å². The van der Waals surface area contributed by atoms with Crippen molar-refractivity contribution >= 4 is 17.8 Å². The predicted octanol–water partition coefficient (Wildman–Crippen LogP) is 3.28. The Bertz CT molecular complexity index is 717. The second-order valence-electron chi connectivity index (χ2n) is 6.14. The monoisotopic (exact) mass is 341 g/mol. The van der Waals surface area contributed by atoms with E-state index in [1.54, 1.807) is 12.3 Å². The Balaban J connectivity index is 1.92. The van der Waals surface area contributed by atoms with Crippen LogP contribution in [0.15, 0.2) is 48.7 Å². The number of carbonyl (C=O) groups is 2. The van der Waals surface area contributed by atoms with Gasteiger partial charge in [-0.05, 0) is 36.1 Å². The molecule has 132 valence electrons. The van der Waals surface area contributed by atoms with Gasteiger partial charge < -0.3 is 15.4 Å². The maximum atomic E-state index is 12.5. The van der Waals surface area contributed by atoms with E-state index in [2.05, 4.69) is 15.6 Å². The fraction of sp³-hybridized carbons (Fsp3) is 0.316. The minimum Gasteiger partial charge on any atom is -0.445 e. The Kier molecular flexibility index (Phi) is 6.51. The standard InChI is InChI=1S/C19H23N3O3/c1-13(2)17(18(23)21-16-11-14(3)9-10-20-16)22-19(24)25-12-15-7-5-4-6-8-15/h4-11,13,17H,12H2,1-3H3,(H,22,24)(H,20,21,23). The molecule has 0 aliphatic rings. The van der Waals surface area contributed by atoms with Gasteiger partial charge in [0.1, 0.15) is 18.5 Å². The van der Waals surface area contributed by atoms with Crippen molar-refractivity contribution < 1.29 is 14.3 Å². The molecule has 0 spiro atoms. The lowest BCUT2D eigenvalue weighted by molar-refractivity contribution is -0.119. The van der Waals surface area contributed by atoms with Crippen LogP contribution in [-0.4, -0.2) is 23.0 Å². The van der Waals surface area contributed by atoms with Crippen LogP contribution in [0.4, 0.5) is 10.6 Å². The van der Waals surface area contributed by atoms with Crippen LogP contribution in [0.25, 0.3) is 0 Å². The molecule has 1 aromatic carbocycles. The maximum Gasteiger partial charge on any atom is 0.408 e. The van der Waals surface area contributed by atoms with Crippen LogP contribution < -0.4 is 10.6 Å². The van der Waals surface area contributed by atoms with Gasteiger partial charge in [0.05, 0.1) is 0 Å². The molecular formula is C19H23N3O3. The molecule has 25 heavy (non-hydrogen) atoms. The minimum atomic E-state index is -0.717. The molecule has 2 rings (SSSR count). The highest BCUT2D eigenvalue weighted by Gasteiger charge is 2.25. The molecule has 1 unspecified atom stereocenters. The number of benzene rings is 1. The first-order valence-electron chi connectivity index (χ1n) is 8.16.